The number of hydrogen-bond acceptors (Lipinski definition) is 4. The monoisotopic (exact) mass is 234 g/mol. The summed E-state index contributed by atoms with van der Waals surface area (Å²) in [5.74, 6) is 0.0565. The average Bonchev–Trinajstić information content (AvgIpc) is 2.38. The van der Waals surface area contributed by atoms with Crippen molar-refractivity contribution in [1.29, 1.82) is 0 Å². The molecule has 0 spiro atoms. The van der Waals surface area contributed by atoms with Crippen LogP contribution in [0.1, 0.15) is 12.6 Å². The Bertz CT molecular complexity index is 433. The van der Waals surface area contributed by atoms with Gasteiger partial charge in [-0.05, 0) is 19.1 Å². The van der Waals surface area contributed by atoms with Crippen LogP contribution < -0.4 is 0 Å². The molecule has 2 atom stereocenters. The molecule has 0 aromatic carbocycles. The van der Waals surface area contributed by atoms with Gasteiger partial charge in [0.1, 0.15) is 6.04 Å². The Balaban J connectivity index is 2.10. The van der Waals surface area contributed by atoms with Gasteiger partial charge < -0.3 is 4.74 Å². The van der Waals surface area contributed by atoms with Crippen molar-refractivity contribution >= 4 is 11.9 Å². The maximum atomic E-state index is 11.7. The molecule has 5 heteroatoms. The number of likely N-dealkylation sites (tertiary alicyclic amines) is 1. The lowest BCUT2D eigenvalue weighted by Gasteiger charge is -2.43. The minimum absolute atomic E-state index is 0.0565. The first-order chi connectivity index (χ1) is 8.15. The van der Waals surface area contributed by atoms with E-state index in [2.05, 4.69) is 9.72 Å². The zero-order chi connectivity index (χ0) is 12.4. The fourth-order valence-electron chi connectivity index (χ4n) is 2.05. The number of carbonyl (C=O) groups excluding carboxylic acids is 2. The number of rotatable bonds is 2. The summed E-state index contributed by atoms with van der Waals surface area (Å²) < 4.78 is 4.66. The van der Waals surface area contributed by atoms with Crippen molar-refractivity contribution in [1.82, 2.24) is 9.88 Å². The zero-order valence-corrected chi connectivity index (χ0v) is 9.79. The normalized spacial score (nSPS) is 23.2. The molecule has 90 valence electrons. The van der Waals surface area contributed by atoms with E-state index in [0.717, 1.165) is 5.69 Å². The van der Waals surface area contributed by atoms with E-state index in [1.807, 2.05) is 18.2 Å². The first-order valence-corrected chi connectivity index (χ1v) is 5.45. The van der Waals surface area contributed by atoms with Crippen LogP contribution in [0.2, 0.25) is 0 Å². The van der Waals surface area contributed by atoms with Crippen molar-refractivity contribution in [3.8, 4) is 0 Å². The third-order valence-electron chi connectivity index (χ3n) is 3.01. The summed E-state index contributed by atoms with van der Waals surface area (Å²) in [6, 6.07) is 4.68. The van der Waals surface area contributed by atoms with Gasteiger partial charge in [0.15, 0.2) is 5.78 Å². The molecule has 1 aromatic rings. The minimum atomic E-state index is -0.460. The van der Waals surface area contributed by atoms with E-state index in [9.17, 15) is 9.59 Å². The summed E-state index contributed by atoms with van der Waals surface area (Å²) in [7, 11) is 1.32. The van der Waals surface area contributed by atoms with Gasteiger partial charge in [-0.15, -0.1) is 0 Å². The molecule has 0 saturated carbocycles. The molecule has 1 saturated heterocycles. The van der Waals surface area contributed by atoms with Crippen LogP contribution in [-0.4, -0.2) is 41.0 Å². The van der Waals surface area contributed by atoms with E-state index in [1.54, 1.807) is 13.1 Å². The summed E-state index contributed by atoms with van der Waals surface area (Å²) in [5.41, 5.74) is 0.798. The van der Waals surface area contributed by atoms with Gasteiger partial charge in [-0.2, -0.15) is 0 Å². The Hall–Kier alpha value is -1.91. The van der Waals surface area contributed by atoms with Crippen molar-refractivity contribution in [3.63, 3.8) is 0 Å². The second-order valence-corrected chi connectivity index (χ2v) is 4.00. The van der Waals surface area contributed by atoms with E-state index in [4.69, 9.17) is 0 Å². The Morgan fingerprint density at radius 3 is 2.88 bits per heavy atom. The van der Waals surface area contributed by atoms with Crippen LogP contribution in [0.25, 0.3) is 0 Å². The van der Waals surface area contributed by atoms with Crippen LogP contribution in [0.15, 0.2) is 24.4 Å². The standard InChI is InChI=1S/C12H14N2O3/c1-8-11(15)10(14(8)12(16)17-2)7-9-5-3-4-6-13-9/h3-6,8,10H,7H2,1-2H3/t8-,10+/m1/s1. The van der Waals surface area contributed by atoms with Crippen molar-refractivity contribution in [2.75, 3.05) is 7.11 Å². The van der Waals surface area contributed by atoms with Crippen molar-refractivity contribution in [3.05, 3.63) is 30.1 Å². The molecule has 17 heavy (non-hydrogen) atoms. The Labute approximate surface area is 99.4 Å². The van der Waals surface area contributed by atoms with Crippen LogP contribution in [-0.2, 0) is 16.0 Å². The van der Waals surface area contributed by atoms with E-state index in [1.165, 1.54) is 12.0 Å². The van der Waals surface area contributed by atoms with Crippen molar-refractivity contribution < 1.29 is 14.3 Å². The first-order valence-electron chi connectivity index (χ1n) is 5.45. The number of Topliss-reactive ketones (excluding diaryl/α,β-unsaturated/α-hetero) is 1. The van der Waals surface area contributed by atoms with Crippen LogP contribution in [0.3, 0.4) is 0 Å². The van der Waals surface area contributed by atoms with Gasteiger partial charge in [-0.25, -0.2) is 4.79 Å². The second kappa shape index (κ2) is 4.53. The minimum Gasteiger partial charge on any atom is -0.453 e. The quantitative estimate of drug-likeness (QED) is 0.767. The maximum Gasteiger partial charge on any atom is 0.410 e. The zero-order valence-electron chi connectivity index (χ0n) is 9.79. The SMILES string of the molecule is COC(=O)N1[C@H](C)C(=O)[C@@H]1Cc1ccccn1. The third kappa shape index (κ3) is 2.00. The van der Waals surface area contributed by atoms with E-state index in [-0.39, 0.29) is 5.78 Å². The van der Waals surface area contributed by atoms with Gasteiger partial charge >= 0.3 is 6.09 Å². The molecule has 5 nitrogen and oxygen atoms in total. The number of ketones is 1. The number of amides is 1. The molecular weight excluding hydrogens is 220 g/mol. The van der Waals surface area contributed by atoms with Crippen molar-refractivity contribution in [2.24, 2.45) is 0 Å². The maximum absolute atomic E-state index is 11.7. The number of carbonyl (C=O) groups is 2. The van der Waals surface area contributed by atoms with Crippen LogP contribution in [0, 0.1) is 0 Å². The molecular formula is C12H14N2O3. The lowest BCUT2D eigenvalue weighted by Crippen LogP contribution is -2.66. The second-order valence-electron chi connectivity index (χ2n) is 4.00. The van der Waals surface area contributed by atoms with Gasteiger partial charge in [0, 0.05) is 18.3 Å². The van der Waals surface area contributed by atoms with Crippen LogP contribution in [0.5, 0.6) is 0 Å². The number of pyridine rings is 1. The van der Waals surface area contributed by atoms with Gasteiger partial charge in [0.05, 0.1) is 13.2 Å². The first kappa shape index (κ1) is 11.6. The molecule has 1 aromatic heterocycles. The summed E-state index contributed by atoms with van der Waals surface area (Å²) in [6.07, 6.45) is 1.65. The molecule has 1 fully saturated rings. The highest BCUT2D eigenvalue weighted by molar-refractivity contribution is 6.00. The largest absolute Gasteiger partial charge is 0.453 e. The molecule has 1 aliphatic heterocycles. The Kier molecular flexibility index (Phi) is 3.08. The summed E-state index contributed by atoms with van der Waals surface area (Å²) in [4.78, 5) is 28.8. The highest BCUT2D eigenvalue weighted by Gasteiger charge is 2.48. The van der Waals surface area contributed by atoms with Gasteiger partial charge in [0.2, 0.25) is 0 Å². The predicted octanol–water partition coefficient (Wildman–Crippen LogP) is 1.03. The molecule has 0 N–H and O–H groups in total. The summed E-state index contributed by atoms with van der Waals surface area (Å²) >= 11 is 0. The van der Waals surface area contributed by atoms with Gasteiger partial charge in [-0.1, -0.05) is 6.07 Å². The predicted molar refractivity (Wildman–Crippen MR) is 60.4 cm³/mol. The van der Waals surface area contributed by atoms with E-state index in [0.29, 0.717) is 6.42 Å². The number of aromatic nitrogens is 1. The molecule has 0 aliphatic carbocycles. The fourth-order valence-corrected chi connectivity index (χ4v) is 2.05. The lowest BCUT2D eigenvalue weighted by molar-refractivity contribution is -0.141. The molecule has 2 rings (SSSR count). The van der Waals surface area contributed by atoms with Crippen molar-refractivity contribution in [2.45, 2.75) is 25.4 Å². The Morgan fingerprint density at radius 1 is 1.53 bits per heavy atom. The number of ether oxygens (including phenoxy) is 1. The van der Waals surface area contributed by atoms with E-state index < -0.39 is 18.2 Å². The molecule has 1 amide bonds. The molecule has 0 radical (unpaired) electrons. The van der Waals surface area contributed by atoms with Crippen LogP contribution in [0.4, 0.5) is 4.79 Å². The lowest BCUT2D eigenvalue weighted by atomic mass is 9.89. The molecule has 2 heterocycles. The Morgan fingerprint density at radius 2 is 2.29 bits per heavy atom. The number of hydrogen-bond donors (Lipinski definition) is 0. The highest BCUT2D eigenvalue weighted by atomic mass is 16.5. The van der Waals surface area contributed by atoms with Crippen LogP contribution >= 0.6 is 0 Å². The smallest absolute Gasteiger partial charge is 0.410 e. The third-order valence-corrected chi connectivity index (χ3v) is 3.01. The average molecular weight is 234 g/mol. The molecule has 1 aliphatic rings. The topological polar surface area (TPSA) is 59.5 Å². The molecule has 0 bridgehead atoms. The highest BCUT2D eigenvalue weighted by Crippen LogP contribution is 2.25. The fraction of sp³-hybridized carbons (Fsp3) is 0.417. The van der Waals surface area contributed by atoms with Gasteiger partial charge in [0.25, 0.3) is 0 Å². The summed E-state index contributed by atoms with van der Waals surface area (Å²) in [5, 5.41) is 0. The number of nitrogens with zero attached hydrogens (tertiary/aromatic N) is 2. The molecule has 0 unspecified atom stereocenters. The number of methoxy groups -OCH3 is 1. The van der Waals surface area contributed by atoms with Gasteiger partial charge in [-0.3, -0.25) is 14.7 Å². The summed E-state index contributed by atoms with van der Waals surface area (Å²) in [6.45, 7) is 1.70. The van der Waals surface area contributed by atoms with E-state index >= 15 is 0 Å².